The molecule has 1 heterocycles. The van der Waals surface area contributed by atoms with Crippen LogP contribution in [0, 0.1) is 13.8 Å². The molecule has 0 radical (unpaired) electrons. The van der Waals surface area contributed by atoms with E-state index in [0.29, 0.717) is 16.7 Å². The van der Waals surface area contributed by atoms with E-state index >= 15 is 0 Å². The minimum Gasteiger partial charge on any atom is -0.485 e. The first-order chi connectivity index (χ1) is 13.0. The van der Waals surface area contributed by atoms with Gasteiger partial charge in [-0.15, -0.1) is 10.2 Å². The van der Waals surface area contributed by atoms with E-state index in [1.807, 2.05) is 31.2 Å². The van der Waals surface area contributed by atoms with Crippen LogP contribution < -0.4 is 4.74 Å². The summed E-state index contributed by atoms with van der Waals surface area (Å²) in [6, 6.07) is 11.9. The molecule has 0 aliphatic rings. The number of thioether (sulfide) groups is 1. The number of halogens is 2. The van der Waals surface area contributed by atoms with Gasteiger partial charge in [0.15, 0.2) is 11.0 Å². The predicted octanol–water partition coefficient (Wildman–Crippen LogP) is 6.09. The lowest BCUT2D eigenvalue weighted by molar-refractivity contribution is 0.286. The van der Waals surface area contributed by atoms with Crippen molar-refractivity contribution in [2.75, 3.05) is 0 Å². The molecule has 0 saturated carbocycles. The van der Waals surface area contributed by atoms with Crippen molar-refractivity contribution in [2.24, 2.45) is 0 Å². The number of benzene rings is 2. The smallest absolute Gasteiger partial charge is 0.191 e. The molecule has 7 heteroatoms. The van der Waals surface area contributed by atoms with Gasteiger partial charge in [-0.25, -0.2) is 0 Å². The SMILES string of the molecule is CCn1c(COc2cc(C)ccc2C)nnc1SCc1ccc(Cl)c(Cl)c1. The lowest BCUT2D eigenvalue weighted by atomic mass is 10.1. The average Bonchev–Trinajstić information content (AvgIpc) is 3.05. The molecule has 4 nitrogen and oxygen atoms in total. The van der Waals surface area contributed by atoms with E-state index in [0.717, 1.165) is 40.2 Å². The minimum atomic E-state index is 0.387. The fourth-order valence-electron chi connectivity index (χ4n) is 2.63. The van der Waals surface area contributed by atoms with Crippen LogP contribution in [0.25, 0.3) is 0 Å². The fraction of sp³-hybridized carbons (Fsp3) is 0.300. The zero-order valence-electron chi connectivity index (χ0n) is 15.5. The zero-order valence-corrected chi connectivity index (χ0v) is 17.8. The number of nitrogens with zero attached hydrogens (tertiary/aromatic N) is 3. The highest BCUT2D eigenvalue weighted by Gasteiger charge is 2.13. The minimum absolute atomic E-state index is 0.387. The van der Waals surface area contributed by atoms with Crippen LogP contribution in [0.15, 0.2) is 41.6 Å². The normalized spacial score (nSPS) is 11.0. The van der Waals surface area contributed by atoms with Gasteiger partial charge in [0, 0.05) is 12.3 Å². The first-order valence-corrected chi connectivity index (χ1v) is 10.4. The number of hydrogen-bond acceptors (Lipinski definition) is 4. The molecule has 0 saturated heterocycles. The molecule has 0 aliphatic carbocycles. The van der Waals surface area contributed by atoms with Gasteiger partial charge < -0.3 is 9.30 Å². The van der Waals surface area contributed by atoms with Gasteiger partial charge >= 0.3 is 0 Å². The highest BCUT2D eigenvalue weighted by molar-refractivity contribution is 7.98. The summed E-state index contributed by atoms with van der Waals surface area (Å²) >= 11 is 13.7. The van der Waals surface area contributed by atoms with Crippen LogP contribution in [0.5, 0.6) is 5.75 Å². The van der Waals surface area contributed by atoms with E-state index in [1.54, 1.807) is 11.8 Å². The molecule has 3 rings (SSSR count). The highest BCUT2D eigenvalue weighted by atomic mass is 35.5. The van der Waals surface area contributed by atoms with Crippen molar-refractivity contribution in [3.05, 3.63) is 69.0 Å². The summed E-state index contributed by atoms with van der Waals surface area (Å²) < 4.78 is 8.06. The molecule has 0 unspecified atom stereocenters. The fourth-order valence-corrected chi connectivity index (χ4v) is 3.92. The van der Waals surface area contributed by atoms with Gasteiger partial charge in [-0.3, -0.25) is 0 Å². The molecule has 0 atom stereocenters. The summed E-state index contributed by atoms with van der Waals surface area (Å²) in [4.78, 5) is 0. The van der Waals surface area contributed by atoms with Gasteiger partial charge in [0.1, 0.15) is 12.4 Å². The van der Waals surface area contributed by atoms with Crippen molar-refractivity contribution in [1.29, 1.82) is 0 Å². The van der Waals surface area contributed by atoms with Crippen LogP contribution >= 0.6 is 35.0 Å². The Kier molecular flexibility index (Phi) is 6.68. The second-order valence-electron chi connectivity index (χ2n) is 6.24. The zero-order chi connectivity index (χ0) is 19.4. The van der Waals surface area contributed by atoms with Crippen LogP contribution in [0.3, 0.4) is 0 Å². The Labute approximate surface area is 173 Å². The highest BCUT2D eigenvalue weighted by Crippen LogP contribution is 2.27. The molecule has 0 spiro atoms. The van der Waals surface area contributed by atoms with Gasteiger partial charge in [-0.2, -0.15) is 0 Å². The second-order valence-corrected chi connectivity index (χ2v) is 7.99. The van der Waals surface area contributed by atoms with Gasteiger partial charge in [-0.1, -0.05) is 53.2 Å². The predicted molar refractivity (Wildman–Crippen MR) is 112 cm³/mol. The molecule has 3 aromatic rings. The average molecular weight is 422 g/mol. The monoisotopic (exact) mass is 421 g/mol. The van der Waals surface area contributed by atoms with Gasteiger partial charge in [0.2, 0.25) is 0 Å². The van der Waals surface area contributed by atoms with E-state index in [9.17, 15) is 0 Å². The first-order valence-electron chi connectivity index (χ1n) is 8.66. The summed E-state index contributed by atoms with van der Waals surface area (Å²) in [5.41, 5.74) is 3.37. The van der Waals surface area contributed by atoms with Gasteiger partial charge in [-0.05, 0) is 55.7 Å². The third-order valence-corrected chi connectivity index (χ3v) is 5.94. The Morgan fingerprint density at radius 3 is 2.59 bits per heavy atom. The Balaban J connectivity index is 1.68. The quantitative estimate of drug-likeness (QED) is 0.432. The van der Waals surface area contributed by atoms with Crippen molar-refractivity contribution in [2.45, 2.75) is 44.8 Å². The standard InChI is InChI=1S/C20H21Cl2N3OS/c1-4-25-19(11-26-18-9-13(2)5-6-14(18)3)23-24-20(25)27-12-15-7-8-16(21)17(22)10-15/h5-10H,4,11-12H2,1-3H3. The van der Waals surface area contributed by atoms with Crippen LogP contribution in [0.1, 0.15) is 29.4 Å². The van der Waals surface area contributed by atoms with Crippen LogP contribution in [0.2, 0.25) is 10.0 Å². The van der Waals surface area contributed by atoms with Gasteiger partial charge in [0.05, 0.1) is 10.0 Å². The number of aryl methyl sites for hydroxylation is 2. The van der Waals surface area contributed by atoms with E-state index < -0.39 is 0 Å². The second kappa shape index (κ2) is 9.00. The summed E-state index contributed by atoms with van der Waals surface area (Å²) in [6.45, 7) is 7.34. The molecular formula is C20H21Cl2N3OS. The molecule has 142 valence electrons. The first kappa shape index (κ1) is 20.1. The number of ether oxygens (including phenoxy) is 1. The largest absolute Gasteiger partial charge is 0.485 e. The van der Waals surface area contributed by atoms with E-state index in [1.165, 1.54) is 5.56 Å². The molecule has 0 N–H and O–H groups in total. The Morgan fingerprint density at radius 1 is 1.04 bits per heavy atom. The van der Waals surface area contributed by atoms with Gasteiger partial charge in [0.25, 0.3) is 0 Å². The van der Waals surface area contributed by atoms with Crippen molar-refractivity contribution in [1.82, 2.24) is 14.8 Å². The van der Waals surface area contributed by atoms with Crippen molar-refractivity contribution < 1.29 is 4.74 Å². The van der Waals surface area contributed by atoms with Crippen LogP contribution in [-0.2, 0) is 18.9 Å². The third kappa shape index (κ3) is 4.98. The molecule has 1 aromatic heterocycles. The van der Waals surface area contributed by atoms with Crippen LogP contribution in [-0.4, -0.2) is 14.8 Å². The molecule has 0 fully saturated rings. The maximum Gasteiger partial charge on any atom is 0.191 e. The topological polar surface area (TPSA) is 39.9 Å². The van der Waals surface area contributed by atoms with Crippen molar-refractivity contribution >= 4 is 35.0 Å². The lowest BCUT2D eigenvalue weighted by Crippen LogP contribution is -2.07. The summed E-state index contributed by atoms with van der Waals surface area (Å²) in [6.07, 6.45) is 0. The Morgan fingerprint density at radius 2 is 1.85 bits per heavy atom. The molecule has 2 aromatic carbocycles. The lowest BCUT2D eigenvalue weighted by Gasteiger charge is -2.11. The molecule has 27 heavy (non-hydrogen) atoms. The number of aromatic nitrogens is 3. The van der Waals surface area contributed by atoms with Crippen LogP contribution in [0.4, 0.5) is 0 Å². The van der Waals surface area contributed by atoms with Crippen molar-refractivity contribution in [3.63, 3.8) is 0 Å². The molecular weight excluding hydrogens is 401 g/mol. The Bertz CT molecular complexity index is 943. The summed E-state index contributed by atoms with van der Waals surface area (Å²) in [5, 5.41) is 10.6. The maximum absolute atomic E-state index is 6.09. The molecule has 0 bridgehead atoms. The number of hydrogen-bond donors (Lipinski definition) is 0. The summed E-state index contributed by atoms with van der Waals surface area (Å²) in [5.74, 6) is 2.44. The number of rotatable bonds is 7. The third-order valence-electron chi connectivity index (χ3n) is 4.16. The van der Waals surface area contributed by atoms with E-state index in [-0.39, 0.29) is 0 Å². The summed E-state index contributed by atoms with van der Waals surface area (Å²) in [7, 11) is 0. The van der Waals surface area contributed by atoms with Crippen molar-refractivity contribution in [3.8, 4) is 5.75 Å². The molecule has 0 aliphatic heterocycles. The van der Waals surface area contributed by atoms with E-state index in [4.69, 9.17) is 27.9 Å². The van der Waals surface area contributed by atoms with E-state index in [2.05, 4.69) is 40.7 Å². The Hall–Kier alpha value is -1.69. The molecule has 0 amide bonds. The maximum atomic E-state index is 6.09.